The quantitative estimate of drug-likeness (QED) is 0.642. The Morgan fingerprint density at radius 1 is 1.08 bits per heavy atom. The number of hydrogen-bond acceptors (Lipinski definition) is 3. The molecular weight excluding hydrogens is 315 g/mol. The molecule has 3 nitrogen and oxygen atoms in total. The zero-order chi connectivity index (χ0) is 17.6. The van der Waals surface area contributed by atoms with Gasteiger partial charge in [0, 0.05) is 22.7 Å². The Kier molecular flexibility index (Phi) is 3.57. The molecule has 3 aromatic rings. The van der Waals surface area contributed by atoms with E-state index in [0.29, 0.717) is 11.3 Å². The van der Waals surface area contributed by atoms with E-state index in [1.165, 1.54) is 6.07 Å². The summed E-state index contributed by atoms with van der Waals surface area (Å²) in [6.07, 6.45) is 1.79. The molecule has 0 saturated heterocycles. The fourth-order valence-corrected chi connectivity index (χ4v) is 3.00. The second kappa shape index (κ2) is 5.66. The number of fused-ring (bicyclic) bond motifs is 2. The summed E-state index contributed by atoms with van der Waals surface area (Å²) in [5.41, 5.74) is 2.55. The number of pyridine rings is 1. The number of benzene rings is 2. The molecule has 0 saturated carbocycles. The lowest BCUT2D eigenvalue weighted by molar-refractivity contribution is 0.0840. The van der Waals surface area contributed by atoms with E-state index < -0.39 is 5.60 Å². The summed E-state index contributed by atoms with van der Waals surface area (Å²) in [4.78, 5) is 9.40. The van der Waals surface area contributed by atoms with Crippen LogP contribution in [0.25, 0.3) is 10.9 Å². The van der Waals surface area contributed by atoms with Gasteiger partial charge in [-0.2, -0.15) is 0 Å². The molecule has 1 atom stereocenters. The van der Waals surface area contributed by atoms with Gasteiger partial charge in [0.05, 0.1) is 17.3 Å². The third-order valence-electron chi connectivity index (χ3n) is 4.78. The largest absolute Gasteiger partial charge is 0.482 e. The van der Waals surface area contributed by atoms with Crippen molar-refractivity contribution >= 4 is 16.6 Å². The highest BCUT2D eigenvalue weighted by atomic mass is 19.1. The lowest BCUT2D eigenvalue weighted by Crippen LogP contribution is -2.38. The minimum atomic E-state index is -0.608. The van der Waals surface area contributed by atoms with Gasteiger partial charge in [-0.25, -0.2) is 4.39 Å². The molecule has 1 aliphatic rings. The van der Waals surface area contributed by atoms with Crippen LogP contribution in [0.15, 0.2) is 59.7 Å². The number of aliphatic imine (C=N–C) groups is 1. The first-order valence-corrected chi connectivity index (χ1v) is 8.36. The third kappa shape index (κ3) is 2.68. The van der Waals surface area contributed by atoms with Crippen LogP contribution in [0.4, 0.5) is 4.39 Å². The standard InChI is InChI=1S/C21H19FN2O/c1-13-21(2,3)25-20-16(8-6-9-17(20)22)19(24-13)15-11-14-7-4-5-10-18(14)23-12-15/h4-13H,1-3H3/t13-/m0/s1. The van der Waals surface area contributed by atoms with E-state index in [0.717, 1.165) is 16.5 Å². The maximum atomic E-state index is 14.5. The molecule has 0 unspecified atom stereocenters. The summed E-state index contributed by atoms with van der Waals surface area (Å²) >= 11 is 0. The number of nitrogens with zero attached hydrogens (tertiary/aromatic N) is 2. The van der Waals surface area contributed by atoms with Crippen LogP contribution in [0, 0.1) is 5.82 Å². The molecule has 0 spiro atoms. The fraction of sp³-hybridized carbons (Fsp3) is 0.238. The molecule has 1 aromatic heterocycles. The zero-order valence-corrected chi connectivity index (χ0v) is 14.5. The molecule has 0 N–H and O–H groups in total. The Balaban J connectivity index is 1.96. The van der Waals surface area contributed by atoms with Crippen LogP contribution in [0.1, 0.15) is 31.9 Å². The van der Waals surface area contributed by atoms with E-state index in [4.69, 9.17) is 9.73 Å². The van der Waals surface area contributed by atoms with Gasteiger partial charge in [-0.15, -0.1) is 0 Å². The van der Waals surface area contributed by atoms with Crippen molar-refractivity contribution in [3.8, 4) is 5.75 Å². The smallest absolute Gasteiger partial charge is 0.165 e. The summed E-state index contributed by atoms with van der Waals surface area (Å²) in [5.74, 6) is -0.120. The second-order valence-corrected chi connectivity index (χ2v) is 6.89. The van der Waals surface area contributed by atoms with Gasteiger partial charge in [0.15, 0.2) is 11.6 Å². The first kappa shape index (κ1) is 15.8. The normalized spacial score (nSPS) is 18.9. The van der Waals surface area contributed by atoms with Crippen molar-refractivity contribution in [1.29, 1.82) is 0 Å². The second-order valence-electron chi connectivity index (χ2n) is 6.89. The van der Waals surface area contributed by atoms with Gasteiger partial charge in [-0.1, -0.05) is 24.3 Å². The maximum absolute atomic E-state index is 14.5. The Hall–Kier alpha value is -2.75. The number of ether oxygens (including phenoxy) is 1. The highest BCUT2D eigenvalue weighted by Gasteiger charge is 2.34. The van der Waals surface area contributed by atoms with E-state index in [1.807, 2.05) is 57.2 Å². The molecule has 2 aromatic carbocycles. The fourth-order valence-electron chi connectivity index (χ4n) is 3.00. The lowest BCUT2D eigenvalue weighted by Gasteiger charge is -2.28. The lowest BCUT2D eigenvalue weighted by atomic mass is 10.00. The van der Waals surface area contributed by atoms with Crippen LogP contribution < -0.4 is 4.74 Å². The summed E-state index contributed by atoms with van der Waals surface area (Å²) in [7, 11) is 0. The van der Waals surface area contributed by atoms with Crippen LogP contribution in [0.2, 0.25) is 0 Å². The van der Waals surface area contributed by atoms with Gasteiger partial charge in [-0.3, -0.25) is 9.98 Å². The first-order valence-electron chi connectivity index (χ1n) is 8.36. The summed E-state index contributed by atoms with van der Waals surface area (Å²) in [6.45, 7) is 5.84. The van der Waals surface area contributed by atoms with Crippen molar-refractivity contribution in [1.82, 2.24) is 4.98 Å². The molecular formula is C21H19FN2O. The average Bonchev–Trinajstić information content (AvgIpc) is 2.70. The molecule has 0 aliphatic carbocycles. The summed E-state index contributed by atoms with van der Waals surface area (Å²) < 4.78 is 20.5. The SMILES string of the molecule is C[C@@H]1N=C(c2cnc3ccccc3c2)c2cccc(F)c2OC1(C)C. The maximum Gasteiger partial charge on any atom is 0.165 e. The summed E-state index contributed by atoms with van der Waals surface area (Å²) in [6, 6.07) is 14.8. The van der Waals surface area contributed by atoms with Crippen molar-refractivity contribution < 1.29 is 9.13 Å². The van der Waals surface area contributed by atoms with Gasteiger partial charge in [-0.05, 0) is 45.0 Å². The van der Waals surface area contributed by atoms with Crippen LogP contribution in [0.3, 0.4) is 0 Å². The molecule has 0 radical (unpaired) electrons. The highest BCUT2D eigenvalue weighted by Crippen LogP contribution is 2.34. The van der Waals surface area contributed by atoms with E-state index in [2.05, 4.69) is 4.98 Å². The minimum Gasteiger partial charge on any atom is -0.482 e. The molecule has 25 heavy (non-hydrogen) atoms. The third-order valence-corrected chi connectivity index (χ3v) is 4.78. The molecule has 0 amide bonds. The van der Waals surface area contributed by atoms with Crippen LogP contribution >= 0.6 is 0 Å². The van der Waals surface area contributed by atoms with Crippen molar-refractivity contribution in [2.75, 3.05) is 0 Å². The van der Waals surface area contributed by atoms with Gasteiger partial charge in [0.25, 0.3) is 0 Å². The Bertz CT molecular complexity index is 994. The number of aromatic nitrogens is 1. The number of para-hydroxylation sites is 2. The molecule has 1 aliphatic heterocycles. The van der Waals surface area contributed by atoms with Crippen LogP contribution in [-0.4, -0.2) is 22.3 Å². The Labute approximate surface area is 146 Å². The average molecular weight is 334 g/mol. The molecule has 0 bridgehead atoms. The minimum absolute atomic E-state index is 0.138. The van der Waals surface area contributed by atoms with Gasteiger partial charge >= 0.3 is 0 Å². The van der Waals surface area contributed by atoms with Crippen molar-refractivity contribution in [3.05, 3.63) is 71.7 Å². The Morgan fingerprint density at radius 3 is 2.72 bits per heavy atom. The monoisotopic (exact) mass is 334 g/mol. The van der Waals surface area contributed by atoms with Gasteiger partial charge in [0.2, 0.25) is 0 Å². The zero-order valence-electron chi connectivity index (χ0n) is 14.5. The van der Waals surface area contributed by atoms with Gasteiger partial charge in [0.1, 0.15) is 5.60 Å². The predicted molar refractivity (Wildman–Crippen MR) is 98.0 cm³/mol. The summed E-state index contributed by atoms with van der Waals surface area (Å²) in [5, 5.41) is 1.03. The molecule has 4 heteroatoms. The van der Waals surface area contributed by atoms with Crippen LogP contribution in [-0.2, 0) is 0 Å². The first-order chi connectivity index (χ1) is 12.0. The van der Waals surface area contributed by atoms with Crippen LogP contribution in [0.5, 0.6) is 5.75 Å². The highest BCUT2D eigenvalue weighted by molar-refractivity contribution is 6.15. The van der Waals surface area contributed by atoms with Gasteiger partial charge < -0.3 is 4.74 Å². The number of rotatable bonds is 1. The van der Waals surface area contributed by atoms with Crippen molar-refractivity contribution in [2.24, 2.45) is 4.99 Å². The van der Waals surface area contributed by atoms with Crippen molar-refractivity contribution in [2.45, 2.75) is 32.4 Å². The number of halogens is 1. The topological polar surface area (TPSA) is 34.5 Å². The van der Waals surface area contributed by atoms with E-state index in [9.17, 15) is 4.39 Å². The molecule has 0 fully saturated rings. The molecule has 4 rings (SSSR count). The Morgan fingerprint density at radius 2 is 1.88 bits per heavy atom. The van der Waals surface area contributed by atoms with E-state index in [1.54, 1.807) is 12.3 Å². The van der Waals surface area contributed by atoms with E-state index >= 15 is 0 Å². The molecule has 126 valence electrons. The molecule has 2 heterocycles. The van der Waals surface area contributed by atoms with E-state index in [-0.39, 0.29) is 17.6 Å². The predicted octanol–water partition coefficient (Wildman–Crippen LogP) is 4.77. The number of hydrogen-bond donors (Lipinski definition) is 0. The van der Waals surface area contributed by atoms with Crippen molar-refractivity contribution in [3.63, 3.8) is 0 Å².